The van der Waals surface area contributed by atoms with Crippen LogP contribution in [0.15, 0.2) is 59.9 Å². The highest BCUT2D eigenvalue weighted by atomic mass is 15.4. The van der Waals surface area contributed by atoms with E-state index in [0.717, 1.165) is 60.5 Å². The first kappa shape index (κ1) is 20.6. The van der Waals surface area contributed by atoms with E-state index in [1.807, 2.05) is 13.2 Å². The molecule has 1 unspecified atom stereocenters. The minimum atomic E-state index is -0.192. The maximum atomic E-state index is 5.02. The maximum Gasteiger partial charge on any atom is 0.198 e. The normalized spacial score (nSPS) is 18.7. The molecule has 32 heavy (non-hydrogen) atoms. The lowest BCUT2D eigenvalue weighted by molar-refractivity contribution is 0.312. The Bertz CT molecular complexity index is 1170. The summed E-state index contributed by atoms with van der Waals surface area (Å²) in [4.78, 5) is 16.5. The van der Waals surface area contributed by atoms with Crippen LogP contribution < -0.4 is 20.9 Å². The quantitative estimate of drug-likeness (QED) is 0.671. The summed E-state index contributed by atoms with van der Waals surface area (Å²) in [7, 11) is 4.21. The van der Waals surface area contributed by atoms with Gasteiger partial charge in [0.05, 0.1) is 11.9 Å². The molecule has 0 aliphatic carbocycles. The number of fused-ring (bicyclic) bond motifs is 1. The molecular formula is C25H31N7. The lowest BCUT2D eigenvalue weighted by atomic mass is 10.1. The van der Waals surface area contributed by atoms with Gasteiger partial charge in [-0.25, -0.2) is 9.98 Å². The fourth-order valence-electron chi connectivity index (χ4n) is 4.25. The molecule has 2 aromatic heterocycles. The van der Waals surface area contributed by atoms with Crippen molar-refractivity contribution >= 4 is 17.7 Å². The Morgan fingerprint density at radius 2 is 1.75 bits per heavy atom. The van der Waals surface area contributed by atoms with E-state index >= 15 is 0 Å². The summed E-state index contributed by atoms with van der Waals surface area (Å²) in [6.07, 6.45) is 7.00. The summed E-state index contributed by atoms with van der Waals surface area (Å²) in [6.45, 7) is 6.37. The van der Waals surface area contributed by atoms with Crippen molar-refractivity contribution in [3.05, 3.63) is 71.1 Å². The van der Waals surface area contributed by atoms with Crippen molar-refractivity contribution in [2.24, 2.45) is 4.99 Å². The summed E-state index contributed by atoms with van der Waals surface area (Å²) < 4.78 is 2.15. The third-order valence-electron chi connectivity index (χ3n) is 6.36. The Morgan fingerprint density at radius 1 is 0.969 bits per heavy atom. The fourth-order valence-corrected chi connectivity index (χ4v) is 4.25. The highest BCUT2D eigenvalue weighted by Gasteiger charge is 2.18. The number of nitrogens with one attached hydrogen (secondary N) is 1. The van der Waals surface area contributed by atoms with Crippen LogP contribution in [0.3, 0.4) is 0 Å². The lowest BCUT2D eigenvalue weighted by Gasteiger charge is -2.33. The number of benzene rings is 1. The van der Waals surface area contributed by atoms with E-state index in [4.69, 9.17) is 9.98 Å². The Kier molecular flexibility index (Phi) is 5.57. The van der Waals surface area contributed by atoms with Gasteiger partial charge in [0.2, 0.25) is 0 Å². The van der Waals surface area contributed by atoms with E-state index in [0.29, 0.717) is 0 Å². The van der Waals surface area contributed by atoms with Crippen molar-refractivity contribution in [3.63, 3.8) is 0 Å². The van der Waals surface area contributed by atoms with Crippen LogP contribution in [0.2, 0.25) is 0 Å². The van der Waals surface area contributed by atoms with Crippen molar-refractivity contribution in [1.29, 1.82) is 0 Å². The molecule has 1 aromatic carbocycles. The smallest absolute Gasteiger partial charge is 0.198 e. The van der Waals surface area contributed by atoms with Gasteiger partial charge in [-0.3, -0.25) is 0 Å². The second-order valence-corrected chi connectivity index (χ2v) is 8.62. The van der Waals surface area contributed by atoms with Crippen LogP contribution in [-0.2, 0) is 6.42 Å². The molecule has 1 fully saturated rings. The number of aromatic nitrogens is 2. The van der Waals surface area contributed by atoms with Crippen LogP contribution in [0, 0.1) is 0 Å². The molecule has 2 aliphatic rings. The van der Waals surface area contributed by atoms with Gasteiger partial charge >= 0.3 is 0 Å². The second-order valence-electron chi connectivity index (χ2n) is 8.62. The molecule has 0 saturated carbocycles. The standard InChI is InChI=1S/C25H31N7/c1-4-19-5-8-22(9-6-19)32-12-11-20-18-30(3)25(28-24(20)32)27-21-7-10-23(26-17-21)31-15-13-29(2)14-16-31/h5-12,17-18,25,27H,4,13-16H2,1-3H3. The zero-order valence-electron chi connectivity index (χ0n) is 19.1. The molecule has 3 aromatic rings. The molecule has 7 heteroatoms. The number of rotatable bonds is 5. The van der Waals surface area contributed by atoms with Gasteiger partial charge in [-0.15, -0.1) is 0 Å². The van der Waals surface area contributed by atoms with Crippen LogP contribution in [0.1, 0.15) is 12.5 Å². The largest absolute Gasteiger partial charge is 0.354 e. The fraction of sp³-hybridized carbons (Fsp3) is 0.360. The summed E-state index contributed by atoms with van der Waals surface area (Å²) in [6, 6.07) is 15.0. The van der Waals surface area contributed by atoms with E-state index in [1.165, 1.54) is 5.56 Å². The highest BCUT2D eigenvalue weighted by molar-refractivity contribution is 5.50. The summed E-state index contributed by atoms with van der Waals surface area (Å²) in [5.74, 6) is 1.04. The van der Waals surface area contributed by atoms with Gasteiger partial charge in [-0.1, -0.05) is 19.1 Å². The molecule has 0 spiro atoms. The number of likely N-dealkylation sites (N-methyl/N-ethyl adjacent to an activating group) is 1. The van der Waals surface area contributed by atoms with E-state index in [2.05, 4.69) is 93.4 Å². The molecule has 7 nitrogen and oxygen atoms in total. The maximum absolute atomic E-state index is 5.02. The van der Waals surface area contributed by atoms with E-state index < -0.39 is 0 Å². The molecule has 1 N–H and O–H groups in total. The summed E-state index contributed by atoms with van der Waals surface area (Å²) >= 11 is 0. The van der Waals surface area contributed by atoms with Gasteiger partial charge in [0.1, 0.15) is 11.3 Å². The zero-order valence-corrected chi connectivity index (χ0v) is 19.1. The van der Waals surface area contributed by atoms with Crippen LogP contribution >= 0.6 is 0 Å². The predicted molar refractivity (Wildman–Crippen MR) is 130 cm³/mol. The first-order valence-corrected chi connectivity index (χ1v) is 11.3. The Balaban J connectivity index is 1.36. The molecule has 0 amide bonds. The first-order valence-electron chi connectivity index (χ1n) is 11.3. The monoisotopic (exact) mass is 429 g/mol. The van der Waals surface area contributed by atoms with Crippen molar-refractivity contribution < 1.29 is 0 Å². The van der Waals surface area contributed by atoms with Gasteiger partial charge in [0.25, 0.3) is 0 Å². The Hall–Kier alpha value is -3.32. The average Bonchev–Trinajstić information content (AvgIpc) is 3.23. The molecule has 1 saturated heterocycles. The van der Waals surface area contributed by atoms with E-state index in [-0.39, 0.29) is 6.29 Å². The predicted octanol–water partition coefficient (Wildman–Crippen LogP) is 1.89. The molecule has 0 bridgehead atoms. The SMILES string of the molecule is CCc1ccc(-n2ccc3c2=NC(Nc2ccc(N4CCN(C)CC4)nc2)N(C)C=3)cc1. The van der Waals surface area contributed by atoms with Crippen LogP contribution in [0.5, 0.6) is 0 Å². The van der Waals surface area contributed by atoms with Gasteiger partial charge in [-0.2, -0.15) is 0 Å². The lowest BCUT2D eigenvalue weighted by Crippen LogP contribution is -2.45. The van der Waals surface area contributed by atoms with Crippen molar-refractivity contribution in [2.45, 2.75) is 19.6 Å². The van der Waals surface area contributed by atoms with Crippen LogP contribution in [-0.4, -0.2) is 65.9 Å². The zero-order chi connectivity index (χ0) is 22.1. The summed E-state index contributed by atoms with van der Waals surface area (Å²) in [5, 5.41) is 4.64. The number of hydrogen-bond acceptors (Lipinski definition) is 6. The molecule has 1 atom stereocenters. The number of anilines is 2. The Morgan fingerprint density at radius 3 is 2.44 bits per heavy atom. The number of piperazine rings is 1. The molecule has 0 radical (unpaired) electrons. The van der Waals surface area contributed by atoms with Crippen molar-refractivity contribution in [2.75, 3.05) is 50.5 Å². The summed E-state index contributed by atoms with van der Waals surface area (Å²) in [5.41, 5.74) is 4.39. The number of hydrogen-bond donors (Lipinski definition) is 1. The van der Waals surface area contributed by atoms with Gasteiger partial charge in [0.15, 0.2) is 6.29 Å². The first-order chi connectivity index (χ1) is 15.6. The second kappa shape index (κ2) is 8.67. The minimum Gasteiger partial charge on any atom is -0.354 e. The number of pyridine rings is 1. The van der Waals surface area contributed by atoms with Crippen molar-refractivity contribution in [1.82, 2.24) is 19.4 Å². The highest BCUT2D eigenvalue weighted by Crippen LogP contribution is 2.17. The topological polar surface area (TPSA) is 51.9 Å². The Labute approximate surface area is 189 Å². The molecule has 5 rings (SSSR count). The van der Waals surface area contributed by atoms with Crippen molar-refractivity contribution in [3.8, 4) is 5.69 Å². The molecule has 166 valence electrons. The van der Waals surface area contributed by atoms with E-state index in [9.17, 15) is 0 Å². The number of nitrogens with zero attached hydrogens (tertiary/aromatic N) is 6. The van der Waals surface area contributed by atoms with Gasteiger partial charge < -0.3 is 24.6 Å². The molecule has 2 aliphatic heterocycles. The molecule has 4 heterocycles. The molecular weight excluding hydrogens is 398 g/mol. The van der Waals surface area contributed by atoms with Crippen LogP contribution in [0.25, 0.3) is 11.9 Å². The number of aryl methyl sites for hydroxylation is 1. The van der Waals surface area contributed by atoms with Gasteiger partial charge in [-0.05, 0) is 49.4 Å². The minimum absolute atomic E-state index is 0.192. The third kappa shape index (κ3) is 4.08. The van der Waals surface area contributed by atoms with Gasteiger partial charge in [0, 0.05) is 56.5 Å². The van der Waals surface area contributed by atoms with E-state index in [1.54, 1.807) is 0 Å². The third-order valence-corrected chi connectivity index (χ3v) is 6.36. The average molecular weight is 430 g/mol. The van der Waals surface area contributed by atoms with Crippen LogP contribution in [0.4, 0.5) is 11.5 Å².